The Morgan fingerprint density at radius 3 is 2.09 bits per heavy atom. The topological polar surface area (TPSA) is 151 Å². The second-order valence-electron chi connectivity index (χ2n) is 16.1. The van der Waals surface area contributed by atoms with Crippen molar-refractivity contribution in [3.63, 3.8) is 0 Å². The van der Waals surface area contributed by atoms with Gasteiger partial charge in [-0.2, -0.15) is 0 Å². The Balaban J connectivity index is 1.26. The third-order valence-corrected chi connectivity index (χ3v) is 11.6. The Bertz CT molecular complexity index is 1120. The number of ketones is 1. The van der Waals surface area contributed by atoms with Gasteiger partial charge < -0.3 is 26.6 Å². The van der Waals surface area contributed by atoms with Crippen LogP contribution in [0.25, 0.3) is 0 Å². The predicted molar refractivity (Wildman–Crippen MR) is 162 cm³/mol. The first-order valence-electron chi connectivity index (χ1n) is 16.7. The Kier molecular flexibility index (Phi) is 8.89. The third kappa shape index (κ3) is 6.72. The zero-order chi connectivity index (χ0) is 31.3. The summed E-state index contributed by atoms with van der Waals surface area (Å²) in [5.41, 5.74) is 4.60. The monoisotopic (exact) mass is 599 g/mol. The summed E-state index contributed by atoms with van der Waals surface area (Å²) in [6.07, 6.45) is 10.9. The van der Waals surface area contributed by atoms with Crippen molar-refractivity contribution in [3.8, 4) is 0 Å². The van der Waals surface area contributed by atoms with Crippen molar-refractivity contribution in [1.82, 2.24) is 20.9 Å². The van der Waals surface area contributed by atoms with Crippen molar-refractivity contribution in [2.45, 2.75) is 117 Å². The van der Waals surface area contributed by atoms with Crippen LogP contribution < -0.4 is 21.7 Å². The van der Waals surface area contributed by atoms with E-state index in [1.165, 1.54) is 25.7 Å². The maximum Gasteiger partial charge on any atom is 0.315 e. The lowest BCUT2D eigenvalue weighted by atomic mass is 9.68. The fourth-order valence-electron chi connectivity index (χ4n) is 8.81. The van der Waals surface area contributed by atoms with Gasteiger partial charge in [-0.1, -0.05) is 73.1 Å². The third-order valence-electron chi connectivity index (χ3n) is 11.6. The number of carbonyl (C=O) groups is 5. The molecule has 5 amide bonds. The highest BCUT2D eigenvalue weighted by Crippen LogP contribution is 2.65. The molecule has 3 unspecified atom stereocenters. The van der Waals surface area contributed by atoms with E-state index in [4.69, 9.17) is 5.73 Å². The average Bonchev–Trinajstić information content (AvgIpc) is 3.22. The van der Waals surface area contributed by atoms with Gasteiger partial charge in [-0.3, -0.25) is 19.2 Å². The highest BCUT2D eigenvalue weighted by Gasteiger charge is 2.70. The molecule has 0 spiro atoms. The molecule has 4 saturated carbocycles. The van der Waals surface area contributed by atoms with Crippen molar-refractivity contribution < 1.29 is 24.0 Å². The number of hydrogen-bond acceptors (Lipinski definition) is 5. The van der Waals surface area contributed by atoms with Crippen molar-refractivity contribution >= 4 is 29.5 Å². The van der Waals surface area contributed by atoms with Crippen molar-refractivity contribution in [3.05, 3.63) is 0 Å². The van der Waals surface area contributed by atoms with Gasteiger partial charge in [0.25, 0.3) is 5.91 Å². The molecule has 240 valence electrons. The molecule has 10 heteroatoms. The summed E-state index contributed by atoms with van der Waals surface area (Å²) in [7, 11) is 0. The van der Waals surface area contributed by atoms with Gasteiger partial charge in [0.1, 0.15) is 12.1 Å². The molecular weight excluding hydrogens is 546 g/mol. The summed E-state index contributed by atoms with van der Waals surface area (Å²) in [6, 6.07) is -2.97. The van der Waals surface area contributed by atoms with Gasteiger partial charge in [-0.25, -0.2) is 4.79 Å². The van der Waals surface area contributed by atoms with Gasteiger partial charge in [0.15, 0.2) is 0 Å². The average molecular weight is 600 g/mol. The molecule has 5 rings (SSSR count). The van der Waals surface area contributed by atoms with Crippen molar-refractivity contribution in [2.24, 2.45) is 52.1 Å². The molecule has 5 fully saturated rings. The smallest absolute Gasteiger partial charge is 0.315 e. The number of hydrogen-bond donors (Lipinski definition) is 4. The molecule has 10 nitrogen and oxygen atoms in total. The van der Waals surface area contributed by atoms with E-state index in [-0.39, 0.29) is 35.1 Å². The van der Waals surface area contributed by atoms with Crippen LogP contribution in [0.15, 0.2) is 0 Å². The Hall–Kier alpha value is -2.65. The molecule has 2 bridgehead atoms. The van der Waals surface area contributed by atoms with Gasteiger partial charge in [-0.05, 0) is 72.0 Å². The highest BCUT2D eigenvalue weighted by molar-refractivity contribution is 6.37. The van der Waals surface area contributed by atoms with Crippen LogP contribution in [-0.4, -0.2) is 65.7 Å². The minimum absolute atomic E-state index is 0.0651. The van der Waals surface area contributed by atoms with Crippen LogP contribution in [0, 0.1) is 46.3 Å². The zero-order valence-electron chi connectivity index (χ0n) is 26.7. The van der Waals surface area contributed by atoms with E-state index in [0.29, 0.717) is 25.4 Å². The summed E-state index contributed by atoms with van der Waals surface area (Å²) < 4.78 is 0. The van der Waals surface area contributed by atoms with Crippen LogP contribution >= 0.6 is 0 Å². The molecule has 1 heterocycles. The summed E-state index contributed by atoms with van der Waals surface area (Å²) >= 11 is 0. The van der Waals surface area contributed by atoms with Gasteiger partial charge in [0, 0.05) is 13.1 Å². The van der Waals surface area contributed by atoms with Crippen LogP contribution in [-0.2, 0) is 19.2 Å². The summed E-state index contributed by atoms with van der Waals surface area (Å²) in [6.45, 7) is 10.9. The first-order chi connectivity index (χ1) is 20.2. The second-order valence-corrected chi connectivity index (χ2v) is 16.1. The number of amides is 5. The molecule has 0 aromatic heterocycles. The van der Waals surface area contributed by atoms with Crippen molar-refractivity contribution in [1.29, 1.82) is 0 Å². The number of nitrogens with one attached hydrogen (secondary N) is 3. The standard InChI is InChI=1S/C33H53N5O5/c1-32(2,3)27(37-31(43)35-16-21-13-19-10-7-11-20(12-19)14-21)30(42)38-17-22-24(33(22,4)5)25(38)29(41)36-23(26(39)28(34)40)15-18-8-6-9-18/h18-25,27H,6-17H2,1-5H3,(H2,34,40)(H,36,41)(H2,35,37,43)/t19?,20?,21?,22-,23?,24-,25-,27+/m0/s1. The first kappa shape index (κ1) is 31.8. The maximum atomic E-state index is 14.2. The molecule has 0 aromatic rings. The van der Waals surface area contributed by atoms with E-state index in [1.54, 1.807) is 4.90 Å². The minimum Gasteiger partial charge on any atom is -0.363 e. The van der Waals surface area contributed by atoms with Crippen LogP contribution in [0.5, 0.6) is 0 Å². The Labute approximate surface area is 256 Å². The Morgan fingerprint density at radius 2 is 1.53 bits per heavy atom. The second kappa shape index (κ2) is 12.0. The van der Waals surface area contributed by atoms with Crippen molar-refractivity contribution in [2.75, 3.05) is 13.1 Å². The number of likely N-dealkylation sites (tertiary alicyclic amines) is 1. The summed E-state index contributed by atoms with van der Waals surface area (Å²) in [5.74, 6) is -0.229. The summed E-state index contributed by atoms with van der Waals surface area (Å²) in [5, 5.41) is 8.84. The number of fused-ring (bicyclic) bond motifs is 3. The molecular formula is C33H53N5O5. The molecule has 5 aliphatic rings. The number of piperidine rings is 1. The fourth-order valence-corrected chi connectivity index (χ4v) is 8.81. The number of primary amides is 1. The molecule has 43 heavy (non-hydrogen) atoms. The molecule has 4 aliphatic carbocycles. The SMILES string of the molecule is CC(C)(C)[C@H](NC(=O)NCC1CC2CCCC(C2)C1)C(=O)N1C[C@H]2[C@@H]([C@H]1C(=O)NC(CC1CCC1)C(=O)C(N)=O)C2(C)C. The lowest BCUT2D eigenvalue weighted by molar-refractivity contribution is -0.145. The lowest BCUT2D eigenvalue weighted by Crippen LogP contribution is -2.61. The first-order valence-corrected chi connectivity index (χ1v) is 16.7. The van der Waals surface area contributed by atoms with Crippen LogP contribution in [0.3, 0.4) is 0 Å². The number of Topliss-reactive ketones (excluding diaryl/α,β-unsaturated/α-hetero) is 1. The number of nitrogens with two attached hydrogens (primary N) is 1. The number of rotatable bonds is 10. The maximum absolute atomic E-state index is 14.2. The van der Waals surface area contributed by atoms with E-state index in [2.05, 4.69) is 29.8 Å². The molecule has 1 aliphatic heterocycles. The van der Waals surface area contributed by atoms with Gasteiger partial charge in [0.05, 0.1) is 6.04 Å². The Morgan fingerprint density at radius 1 is 0.907 bits per heavy atom. The number of nitrogens with zero attached hydrogens (tertiary/aromatic N) is 1. The van der Waals surface area contributed by atoms with Gasteiger partial charge in [-0.15, -0.1) is 0 Å². The van der Waals surface area contributed by atoms with Crippen LogP contribution in [0.4, 0.5) is 4.79 Å². The highest BCUT2D eigenvalue weighted by atomic mass is 16.2. The molecule has 1 saturated heterocycles. The normalized spacial score (nSPS) is 32.4. The largest absolute Gasteiger partial charge is 0.363 e. The molecule has 0 aromatic carbocycles. The van der Waals surface area contributed by atoms with Gasteiger partial charge >= 0.3 is 6.03 Å². The fraction of sp³-hybridized carbons (Fsp3) is 0.848. The van der Waals surface area contributed by atoms with E-state index in [9.17, 15) is 24.0 Å². The molecule has 5 N–H and O–H groups in total. The van der Waals surface area contributed by atoms with Gasteiger partial charge in [0.2, 0.25) is 17.6 Å². The number of urea groups is 1. The quantitative estimate of drug-likeness (QED) is 0.285. The van der Waals surface area contributed by atoms with Crippen LogP contribution in [0.2, 0.25) is 0 Å². The number of carbonyl (C=O) groups excluding carboxylic acids is 5. The van der Waals surface area contributed by atoms with E-state index < -0.39 is 41.1 Å². The zero-order valence-corrected chi connectivity index (χ0v) is 26.7. The minimum atomic E-state index is -1.06. The molecule has 0 radical (unpaired) electrons. The van der Waals surface area contributed by atoms with E-state index in [1.807, 2.05) is 20.8 Å². The van der Waals surface area contributed by atoms with E-state index >= 15 is 0 Å². The summed E-state index contributed by atoms with van der Waals surface area (Å²) in [4.78, 5) is 67.3. The molecule has 7 atom stereocenters. The predicted octanol–water partition coefficient (Wildman–Crippen LogP) is 3.13. The van der Waals surface area contributed by atoms with E-state index in [0.717, 1.165) is 43.9 Å². The lowest BCUT2D eigenvalue weighted by Gasteiger charge is -2.39. The van der Waals surface area contributed by atoms with Crippen LogP contribution in [0.1, 0.15) is 98.8 Å².